The molecule has 0 aliphatic carbocycles. The number of Topliss-reactive ketones (excluding diaryl/α,β-unsaturated/α-hetero) is 1. The van der Waals surface area contributed by atoms with E-state index in [-0.39, 0.29) is 22.2 Å². The van der Waals surface area contributed by atoms with Gasteiger partial charge >= 0.3 is 5.91 Å². The Morgan fingerprint density at radius 3 is 2.61 bits per heavy atom. The van der Waals surface area contributed by atoms with E-state index in [0.717, 1.165) is 17.5 Å². The third-order valence-corrected chi connectivity index (χ3v) is 10.1. The summed E-state index contributed by atoms with van der Waals surface area (Å²) >= 11 is 8.70. The van der Waals surface area contributed by atoms with Crippen LogP contribution in [0.3, 0.4) is 0 Å². The molecule has 236 valence electrons. The SMILES string of the molecule is Cc1cccn2c(C)c(C(O)=C3C(=O)C(=O)N(c4nnc(SCc5ccc(Cl)cc5)s4)C3c3cccc(OCCC(C)C)c3)nc12. The number of hydrogen-bond acceptors (Lipinski definition) is 9. The number of imidazole rings is 1. The predicted octanol–water partition coefficient (Wildman–Crippen LogP) is 7.80. The number of aliphatic hydroxyl groups is 1. The average Bonchev–Trinajstić information content (AvgIpc) is 3.71. The summed E-state index contributed by atoms with van der Waals surface area (Å²) in [5.74, 6) is -0.292. The molecule has 0 radical (unpaired) electrons. The number of amides is 1. The summed E-state index contributed by atoms with van der Waals surface area (Å²) in [7, 11) is 0. The van der Waals surface area contributed by atoms with E-state index in [2.05, 4.69) is 24.0 Å². The number of carbonyl (C=O) groups is 2. The molecule has 1 saturated heterocycles. The van der Waals surface area contributed by atoms with E-state index in [1.54, 1.807) is 6.07 Å². The fourth-order valence-corrected chi connectivity index (χ4v) is 7.24. The zero-order valence-corrected chi connectivity index (χ0v) is 28.1. The van der Waals surface area contributed by atoms with Crippen LogP contribution >= 0.6 is 34.7 Å². The highest BCUT2D eigenvalue weighted by atomic mass is 35.5. The van der Waals surface area contributed by atoms with Gasteiger partial charge in [0.25, 0.3) is 5.78 Å². The normalized spacial score (nSPS) is 16.2. The first kappa shape index (κ1) is 31.8. The number of rotatable bonds is 10. The number of fused-ring (bicyclic) bond motifs is 1. The number of thioether (sulfide) groups is 1. The van der Waals surface area contributed by atoms with E-state index in [9.17, 15) is 14.7 Å². The number of ether oxygens (including phenoxy) is 1. The lowest BCUT2D eigenvalue weighted by atomic mass is 9.96. The second kappa shape index (κ2) is 13.3. The fraction of sp³-hybridized carbons (Fsp3) is 0.265. The Morgan fingerprint density at radius 1 is 1.09 bits per heavy atom. The lowest BCUT2D eigenvalue weighted by Crippen LogP contribution is -2.29. The molecule has 0 bridgehead atoms. The molecule has 0 spiro atoms. The van der Waals surface area contributed by atoms with Crippen LogP contribution in [0.1, 0.15) is 54.4 Å². The Labute approximate surface area is 279 Å². The van der Waals surface area contributed by atoms with Crippen molar-refractivity contribution >= 4 is 62.9 Å². The number of halogens is 1. The summed E-state index contributed by atoms with van der Waals surface area (Å²) in [6.07, 6.45) is 2.72. The van der Waals surface area contributed by atoms with Crippen molar-refractivity contribution in [2.24, 2.45) is 5.92 Å². The van der Waals surface area contributed by atoms with Gasteiger partial charge in [-0.1, -0.05) is 78.9 Å². The lowest BCUT2D eigenvalue weighted by molar-refractivity contribution is -0.132. The maximum Gasteiger partial charge on any atom is 0.301 e. The summed E-state index contributed by atoms with van der Waals surface area (Å²) in [6, 6.07) is 17.6. The summed E-state index contributed by atoms with van der Waals surface area (Å²) in [6.45, 7) is 8.51. The molecule has 1 unspecified atom stereocenters. The predicted molar refractivity (Wildman–Crippen MR) is 182 cm³/mol. The minimum atomic E-state index is -0.985. The van der Waals surface area contributed by atoms with Gasteiger partial charge in [0.05, 0.1) is 23.9 Å². The number of aryl methyl sites for hydroxylation is 2. The summed E-state index contributed by atoms with van der Waals surface area (Å²) in [5.41, 5.74) is 4.01. The Hall–Kier alpha value is -4.19. The average molecular weight is 674 g/mol. The minimum Gasteiger partial charge on any atom is -0.505 e. The number of carbonyl (C=O) groups excluding carboxylic acids is 2. The van der Waals surface area contributed by atoms with Crippen molar-refractivity contribution in [3.8, 4) is 5.75 Å². The van der Waals surface area contributed by atoms with E-state index in [1.165, 1.54) is 28.0 Å². The summed E-state index contributed by atoms with van der Waals surface area (Å²) < 4.78 is 8.51. The molecule has 1 N–H and O–H groups in total. The summed E-state index contributed by atoms with van der Waals surface area (Å²) in [4.78, 5) is 33.6. The molecular weight excluding hydrogens is 642 g/mol. The first-order valence-corrected chi connectivity index (χ1v) is 17.0. The molecule has 1 aliphatic rings. The van der Waals surface area contributed by atoms with E-state index in [1.807, 2.05) is 79.0 Å². The van der Waals surface area contributed by atoms with Gasteiger partial charge in [-0.15, -0.1) is 10.2 Å². The highest BCUT2D eigenvalue weighted by molar-refractivity contribution is 8.00. The van der Waals surface area contributed by atoms with Crippen molar-refractivity contribution < 1.29 is 19.4 Å². The largest absolute Gasteiger partial charge is 0.505 e. The lowest BCUT2D eigenvalue weighted by Gasteiger charge is -2.23. The Balaban J connectivity index is 1.42. The van der Waals surface area contributed by atoms with Crippen molar-refractivity contribution in [1.29, 1.82) is 0 Å². The Morgan fingerprint density at radius 2 is 1.87 bits per heavy atom. The number of aromatic nitrogens is 4. The van der Waals surface area contributed by atoms with Gasteiger partial charge in [0.1, 0.15) is 17.1 Å². The molecular formula is C34H32ClN5O4S2. The van der Waals surface area contributed by atoms with E-state index in [4.69, 9.17) is 21.3 Å². The van der Waals surface area contributed by atoms with Gasteiger partial charge < -0.3 is 14.2 Å². The molecule has 4 heterocycles. The zero-order chi connectivity index (χ0) is 32.5. The van der Waals surface area contributed by atoms with Crippen LogP contribution in [-0.4, -0.2) is 43.0 Å². The number of ketones is 1. The molecule has 1 amide bonds. The van der Waals surface area contributed by atoms with E-state index >= 15 is 0 Å². The number of pyridine rings is 1. The molecule has 6 rings (SSSR count). The molecule has 46 heavy (non-hydrogen) atoms. The number of anilines is 1. The molecule has 2 aromatic carbocycles. The van der Waals surface area contributed by atoms with Crippen molar-refractivity contribution in [3.05, 3.63) is 106 Å². The molecule has 0 saturated carbocycles. The Bertz CT molecular complexity index is 1970. The van der Waals surface area contributed by atoms with E-state index in [0.29, 0.717) is 50.3 Å². The minimum absolute atomic E-state index is 0.0703. The van der Waals surface area contributed by atoms with Gasteiger partial charge in [-0.25, -0.2) is 4.98 Å². The van der Waals surface area contributed by atoms with Gasteiger partial charge in [0, 0.05) is 17.0 Å². The van der Waals surface area contributed by atoms with Crippen LogP contribution in [0.4, 0.5) is 5.13 Å². The maximum absolute atomic E-state index is 13.8. The highest BCUT2D eigenvalue weighted by Gasteiger charge is 2.49. The second-order valence-corrected chi connectivity index (χ2v) is 14.1. The number of aliphatic hydroxyl groups excluding tert-OH is 1. The van der Waals surface area contributed by atoms with Crippen LogP contribution in [0.15, 0.2) is 76.8 Å². The Kier molecular flexibility index (Phi) is 9.17. The topological polar surface area (TPSA) is 110 Å². The number of nitrogens with zero attached hydrogens (tertiary/aromatic N) is 5. The van der Waals surface area contributed by atoms with Gasteiger partial charge in [-0.2, -0.15) is 0 Å². The van der Waals surface area contributed by atoms with Gasteiger partial charge in [0.15, 0.2) is 10.1 Å². The second-order valence-electron chi connectivity index (χ2n) is 11.5. The fourth-order valence-electron chi connectivity index (χ4n) is 5.29. The van der Waals surface area contributed by atoms with Crippen LogP contribution in [0, 0.1) is 19.8 Å². The van der Waals surface area contributed by atoms with Crippen LogP contribution in [0.5, 0.6) is 5.75 Å². The van der Waals surface area contributed by atoms with Gasteiger partial charge in [0.2, 0.25) is 5.13 Å². The third-order valence-electron chi connectivity index (χ3n) is 7.77. The molecule has 1 atom stereocenters. The highest BCUT2D eigenvalue weighted by Crippen LogP contribution is 2.45. The maximum atomic E-state index is 13.8. The quantitative estimate of drug-likeness (QED) is 0.0526. The van der Waals surface area contributed by atoms with Gasteiger partial charge in [-0.3, -0.25) is 14.5 Å². The first-order valence-electron chi connectivity index (χ1n) is 14.8. The molecule has 9 nitrogen and oxygen atoms in total. The molecule has 12 heteroatoms. The zero-order valence-electron chi connectivity index (χ0n) is 25.7. The number of benzene rings is 2. The smallest absolute Gasteiger partial charge is 0.301 e. The van der Waals surface area contributed by atoms with Crippen LogP contribution in [0.2, 0.25) is 5.02 Å². The van der Waals surface area contributed by atoms with Crippen molar-refractivity contribution in [2.45, 2.75) is 50.3 Å². The first-order chi connectivity index (χ1) is 22.1. The number of hydrogen-bond donors (Lipinski definition) is 1. The van der Waals surface area contributed by atoms with Crippen LogP contribution < -0.4 is 9.64 Å². The van der Waals surface area contributed by atoms with E-state index < -0.39 is 17.7 Å². The summed E-state index contributed by atoms with van der Waals surface area (Å²) in [5, 5.41) is 21.4. The molecule has 1 aliphatic heterocycles. The molecule has 1 fully saturated rings. The third kappa shape index (κ3) is 6.27. The monoisotopic (exact) mass is 673 g/mol. The van der Waals surface area contributed by atoms with Crippen molar-refractivity contribution in [2.75, 3.05) is 11.5 Å². The van der Waals surface area contributed by atoms with Crippen molar-refractivity contribution in [3.63, 3.8) is 0 Å². The standard InChI is InChI=1S/C34H32ClN5O4S2/c1-19(2)14-16-44-25-9-5-8-23(17-25)28-26(29(41)27-21(4)39-15-6-7-20(3)31(39)36-27)30(42)32(43)40(28)33-37-38-34(46-33)45-18-22-10-12-24(35)13-11-22/h5-13,15,17,19,28,41H,14,16,18H2,1-4H3. The van der Waals surface area contributed by atoms with Crippen LogP contribution in [-0.2, 0) is 15.3 Å². The molecule has 5 aromatic rings. The molecule has 3 aromatic heterocycles. The van der Waals surface area contributed by atoms with Crippen LogP contribution in [0.25, 0.3) is 11.4 Å². The van der Waals surface area contributed by atoms with Crippen molar-refractivity contribution in [1.82, 2.24) is 19.6 Å². The van der Waals surface area contributed by atoms with Gasteiger partial charge in [-0.05, 0) is 73.2 Å².